The lowest BCUT2D eigenvalue weighted by Gasteiger charge is -2.31. The zero-order valence-electron chi connectivity index (χ0n) is 8.69. The smallest absolute Gasteiger partial charge is 0.311 e. The fraction of sp³-hybridized carbons (Fsp3) is 0.800. The Morgan fingerprint density at radius 1 is 1.69 bits per heavy atom. The topological polar surface area (TPSA) is 52.6 Å². The highest BCUT2D eigenvalue weighted by atomic mass is 79.9. The van der Waals surface area contributed by atoms with E-state index in [0.29, 0.717) is 6.42 Å². The van der Waals surface area contributed by atoms with Crippen LogP contribution < -0.4 is 0 Å². The minimum Gasteiger partial charge on any atom is -0.466 e. The average molecular weight is 312 g/mol. The normalized spacial score (nSPS) is 41.7. The lowest BCUT2D eigenvalue weighted by Crippen LogP contribution is -2.45. The van der Waals surface area contributed by atoms with E-state index in [1.54, 1.807) is 6.92 Å². The summed E-state index contributed by atoms with van der Waals surface area (Å²) in [7, 11) is 0. The maximum absolute atomic E-state index is 11.8. The number of esters is 2. The predicted molar refractivity (Wildman–Crippen MR) is 60.5 cm³/mol. The summed E-state index contributed by atoms with van der Waals surface area (Å²) >= 11 is 9.56. The van der Waals surface area contributed by atoms with Crippen LogP contribution in [0.15, 0.2) is 0 Å². The van der Waals surface area contributed by atoms with Crippen LogP contribution >= 0.6 is 27.5 Å². The van der Waals surface area contributed by atoms with Crippen LogP contribution in [-0.2, 0) is 19.1 Å². The first-order valence-corrected chi connectivity index (χ1v) is 6.56. The van der Waals surface area contributed by atoms with Gasteiger partial charge in [0, 0.05) is 0 Å². The van der Waals surface area contributed by atoms with Crippen molar-refractivity contribution in [2.24, 2.45) is 11.8 Å². The molecule has 0 radical (unpaired) electrons. The summed E-state index contributed by atoms with van der Waals surface area (Å²) < 4.78 is 10.1. The van der Waals surface area contributed by atoms with E-state index in [1.807, 2.05) is 0 Å². The van der Waals surface area contributed by atoms with E-state index in [-0.39, 0.29) is 23.5 Å². The van der Waals surface area contributed by atoms with Crippen molar-refractivity contribution >= 4 is 39.5 Å². The second-order valence-electron chi connectivity index (χ2n) is 3.98. The van der Waals surface area contributed by atoms with Gasteiger partial charge in [0.25, 0.3) is 0 Å². The molecule has 0 spiro atoms. The molecule has 0 aromatic carbocycles. The Bertz CT molecular complexity index is 322. The molecule has 1 aliphatic carbocycles. The van der Waals surface area contributed by atoms with Gasteiger partial charge in [0.1, 0.15) is 6.10 Å². The molecule has 0 unspecified atom stereocenters. The van der Waals surface area contributed by atoms with Crippen LogP contribution in [0, 0.1) is 11.8 Å². The van der Waals surface area contributed by atoms with Gasteiger partial charge in [-0.05, 0) is 13.3 Å². The van der Waals surface area contributed by atoms with Crippen molar-refractivity contribution in [2.75, 3.05) is 6.61 Å². The number of fused-ring (bicyclic) bond motifs is 2. The molecule has 6 heteroatoms. The molecular formula is C10H12BrClO4. The fourth-order valence-electron chi connectivity index (χ4n) is 2.28. The third kappa shape index (κ3) is 1.84. The maximum atomic E-state index is 11.8. The number of hydrogen-bond acceptors (Lipinski definition) is 4. The van der Waals surface area contributed by atoms with Crippen molar-refractivity contribution in [3.63, 3.8) is 0 Å². The van der Waals surface area contributed by atoms with Crippen molar-refractivity contribution < 1.29 is 19.1 Å². The third-order valence-electron chi connectivity index (χ3n) is 3.05. The number of carbonyl (C=O) groups is 2. The first-order valence-electron chi connectivity index (χ1n) is 5.21. The summed E-state index contributed by atoms with van der Waals surface area (Å²) in [5, 5.41) is -0.464. The van der Waals surface area contributed by atoms with Crippen molar-refractivity contribution in [1.82, 2.24) is 0 Å². The van der Waals surface area contributed by atoms with Crippen LogP contribution in [0.25, 0.3) is 0 Å². The minimum absolute atomic E-state index is 0.189. The summed E-state index contributed by atoms with van der Waals surface area (Å²) in [6.07, 6.45) is 0.326. The summed E-state index contributed by atoms with van der Waals surface area (Å²) in [6.45, 7) is 2.02. The van der Waals surface area contributed by atoms with E-state index >= 15 is 0 Å². The Morgan fingerprint density at radius 3 is 3.00 bits per heavy atom. The van der Waals surface area contributed by atoms with E-state index < -0.39 is 23.2 Å². The molecule has 1 saturated heterocycles. The highest BCUT2D eigenvalue weighted by Crippen LogP contribution is 2.44. The molecule has 0 aromatic rings. The molecule has 90 valence electrons. The van der Waals surface area contributed by atoms with E-state index in [1.165, 1.54) is 0 Å². The highest BCUT2D eigenvalue weighted by molar-refractivity contribution is 9.09. The van der Waals surface area contributed by atoms with Crippen LogP contribution in [0.3, 0.4) is 0 Å². The van der Waals surface area contributed by atoms with Gasteiger partial charge in [0.05, 0.1) is 28.6 Å². The largest absolute Gasteiger partial charge is 0.466 e. The Labute approximate surface area is 107 Å². The standard InChI is InChI=1S/C10H12BrClO4/c1-2-15-10(14)6-4-3-5(16-9(4)13)7(11)8(6)12/h4-8H,2-3H2,1H3/t4-,5-,6+,7-,8-/m1/s1. The summed E-state index contributed by atoms with van der Waals surface area (Å²) in [6, 6.07) is 0. The summed E-state index contributed by atoms with van der Waals surface area (Å²) in [5.74, 6) is -1.79. The molecule has 1 heterocycles. The Balaban J connectivity index is 2.21. The number of halogens is 2. The number of rotatable bonds is 2. The minimum atomic E-state index is -0.600. The first kappa shape index (κ1) is 12.2. The van der Waals surface area contributed by atoms with Crippen LogP contribution in [0.1, 0.15) is 13.3 Å². The molecule has 1 saturated carbocycles. The summed E-state index contributed by atoms with van der Waals surface area (Å²) in [4.78, 5) is 23.1. The number of ether oxygens (including phenoxy) is 2. The zero-order valence-corrected chi connectivity index (χ0v) is 11.0. The number of carbonyl (C=O) groups excluding carboxylic acids is 2. The van der Waals surface area contributed by atoms with Gasteiger partial charge in [-0.3, -0.25) is 9.59 Å². The van der Waals surface area contributed by atoms with Crippen LogP contribution in [-0.4, -0.2) is 34.9 Å². The molecule has 0 amide bonds. The molecule has 2 fully saturated rings. The summed E-state index contributed by atoms with van der Waals surface area (Å²) in [5.41, 5.74) is 0. The molecule has 5 atom stereocenters. The first-order chi connectivity index (χ1) is 7.56. The van der Waals surface area contributed by atoms with Gasteiger partial charge in [-0.1, -0.05) is 15.9 Å². The van der Waals surface area contributed by atoms with Crippen LogP contribution in [0.2, 0.25) is 0 Å². The molecule has 0 N–H and O–H groups in total. The molecular weight excluding hydrogens is 299 g/mol. The van der Waals surface area contributed by atoms with E-state index in [9.17, 15) is 9.59 Å². The van der Waals surface area contributed by atoms with Crippen molar-refractivity contribution in [1.29, 1.82) is 0 Å². The number of alkyl halides is 2. The van der Waals surface area contributed by atoms with Gasteiger partial charge in [0.2, 0.25) is 0 Å². The second kappa shape index (κ2) is 4.53. The zero-order chi connectivity index (χ0) is 11.9. The molecule has 0 aromatic heterocycles. The monoisotopic (exact) mass is 310 g/mol. The maximum Gasteiger partial charge on any atom is 0.311 e. The quantitative estimate of drug-likeness (QED) is 0.572. The average Bonchev–Trinajstić information content (AvgIpc) is 2.56. The van der Waals surface area contributed by atoms with Crippen LogP contribution in [0.4, 0.5) is 0 Å². The van der Waals surface area contributed by atoms with Gasteiger partial charge >= 0.3 is 11.9 Å². The van der Waals surface area contributed by atoms with Crippen molar-refractivity contribution in [2.45, 2.75) is 29.7 Å². The lowest BCUT2D eigenvalue weighted by molar-refractivity contribution is -0.154. The van der Waals surface area contributed by atoms with E-state index in [0.717, 1.165) is 0 Å². The van der Waals surface area contributed by atoms with Gasteiger partial charge < -0.3 is 9.47 Å². The predicted octanol–water partition coefficient (Wildman–Crippen LogP) is 1.48. The number of hydrogen-bond donors (Lipinski definition) is 0. The fourth-order valence-corrected chi connectivity index (χ4v) is 3.37. The highest BCUT2D eigenvalue weighted by Gasteiger charge is 2.56. The van der Waals surface area contributed by atoms with Crippen molar-refractivity contribution in [3.05, 3.63) is 0 Å². The SMILES string of the molecule is CCOC(=O)[C@@H]1[C@@H](Cl)[C@H](Br)[C@H]2C[C@H]1C(=O)O2. The van der Waals surface area contributed by atoms with Crippen LogP contribution in [0.5, 0.6) is 0 Å². The third-order valence-corrected chi connectivity index (χ3v) is 5.06. The Hall–Kier alpha value is -0.290. The Morgan fingerprint density at radius 2 is 2.38 bits per heavy atom. The molecule has 2 rings (SSSR count). The van der Waals surface area contributed by atoms with Gasteiger partial charge in [0.15, 0.2) is 0 Å². The molecule has 2 bridgehead atoms. The lowest BCUT2D eigenvalue weighted by atomic mass is 9.79. The van der Waals surface area contributed by atoms with E-state index in [2.05, 4.69) is 15.9 Å². The molecule has 4 nitrogen and oxygen atoms in total. The second-order valence-corrected chi connectivity index (χ2v) is 5.55. The van der Waals surface area contributed by atoms with Gasteiger partial charge in [-0.2, -0.15) is 0 Å². The van der Waals surface area contributed by atoms with E-state index in [4.69, 9.17) is 21.1 Å². The van der Waals surface area contributed by atoms with Crippen molar-refractivity contribution in [3.8, 4) is 0 Å². The molecule has 2 aliphatic rings. The molecule has 1 aliphatic heterocycles. The van der Waals surface area contributed by atoms with Gasteiger partial charge in [-0.25, -0.2) is 0 Å². The Kier molecular flexibility index (Phi) is 3.45. The van der Waals surface area contributed by atoms with Gasteiger partial charge in [-0.15, -0.1) is 11.6 Å². The molecule has 16 heavy (non-hydrogen) atoms.